The van der Waals surface area contributed by atoms with Gasteiger partial charge in [0.05, 0.1) is 6.26 Å². The Hall–Kier alpha value is -0.920. The Morgan fingerprint density at radius 2 is 2.17 bits per heavy atom. The summed E-state index contributed by atoms with van der Waals surface area (Å²) in [5.74, 6) is 0.589. The molecule has 0 atom stereocenters. The predicted molar refractivity (Wildman–Crippen MR) is 51.0 cm³/mol. The molecule has 1 aromatic rings. The van der Waals surface area contributed by atoms with Gasteiger partial charge in [-0.2, -0.15) is 0 Å². The summed E-state index contributed by atoms with van der Waals surface area (Å²) in [6, 6.07) is 1.96. The summed E-state index contributed by atoms with van der Waals surface area (Å²) in [5.41, 5.74) is 6.75. The first-order valence-corrected chi connectivity index (χ1v) is 4.66. The first kappa shape index (κ1) is 9.17. The van der Waals surface area contributed by atoms with Gasteiger partial charge in [-0.15, -0.1) is 0 Å². The Labute approximate surface area is 73.8 Å². The maximum absolute atomic E-state index is 5.59. The van der Waals surface area contributed by atoms with E-state index < -0.39 is 0 Å². The zero-order chi connectivity index (χ0) is 8.81. The van der Waals surface area contributed by atoms with Crippen molar-refractivity contribution in [2.75, 3.05) is 5.73 Å². The number of hydrogen-bond acceptors (Lipinski definition) is 2. The standard InChI is InChI=1S/C10H17NO/c1-2-3-4-5-6-9-7-8-12-10(9)11/h7-8H,2-6,11H2,1H3. The third-order valence-corrected chi connectivity index (χ3v) is 2.08. The molecule has 2 heteroatoms. The molecule has 0 spiro atoms. The lowest BCUT2D eigenvalue weighted by Gasteiger charge is -1.97. The van der Waals surface area contributed by atoms with Crippen molar-refractivity contribution < 1.29 is 4.42 Å². The molecule has 0 amide bonds. The maximum Gasteiger partial charge on any atom is 0.193 e. The predicted octanol–water partition coefficient (Wildman–Crippen LogP) is 2.98. The Balaban J connectivity index is 2.20. The topological polar surface area (TPSA) is 39.2 Å². The largest absolute Gasteiger partial charge is 0.449 e. The second-order valence-electron chi connectivity index (χ2n) is 3.12. The van der Waals surface area contributed by atoms with Crippen molar-refractivity contribution in [2.24, 2.45) is 0 Å². The molecular weight excluding hydrogens is 150 g/mol. The fourth-order valence-corrected chi connectivity index (χ4v) is 1.30. The Morgan fingerprint density at radius 3 is 2.75 bits per heavy atom. The smallest absolute Gasteiger partial charge is 0.193 e. The highest BCUT2D eigenvalue weighted by atomic mass is 16.3. The van der Waals surface area contributed by atoms with Crippen molar-refractivity contribution >= 4 is 5.88 Å². The van der Waals surface area contributed by atoms with Gasteiger partial charge in [0.25, 0.3) is 0 Å². The quantitative estimate of drug-likeness (QED) is 0.685. The number of anilines is 1. The summed E-state index contributed by atoms with van der Waals surface area (Å²) in [4.78, 5) is 0. The van der Waals surface area contributed by atoms with Crippen molar-refractivity contribution in [1.82, 2.24) is 0 Å². The van der Waals surface area contributed by atoms with Crippen LogP contribution < -0.4 is 5.73 Å². The van der Waals surface area contributed by atoms with Crippen LogP contribution in [0.5, 0.6) is 0 Å². The molecule has 0 radical (unpaired) electrons. The first-order chi connectivity index (χ1) is 5.84. The summed E-state index contributed by atoms with van der Waals surface area (Å²) >= 11 is 0. The van der Waals surface area contributed by atoms with Gasteiger partial charge in [-0.3, -0.25) is 0 Å². The minimum absolute atomic E-state index is 0.589. The fourth-order valence-electron chi connectivity index (χ4n) is 1.30. The maximum atomic E-state index is 5.59. The number of aryl methyl sites for hydroxylation is 1. The van der Waals surface area contributed by atoms with E-state index in [-0.39, 0.29) is 0 Å². The molecule has 0 aliphatic carbocycles. The van der Waals surface area contributed by atoms with Gasteiger partial charge in [0, 0.05) is 5.56 Å². The van der Waals surface area contributed by atoms with E-state index in [0.29, 0.717) is 5.88 Å². The summed E-state index contributed by atoms with van der Waals surface area (Å²) in [6.07, 6.45) is 7.82. The van der Waals surface area contributed by atoms with Gasteiger partial charge >= 0.3 is 0 Å². The average molecular weight is 167 g/mol. The van der Waals surface area contributed by atoms with Gasteiger partial charge in [0.15, 0.2) is 5.88 Å². The fraction of sp³-hybridized carbons (Fsp3) is 0.600. The summed E-state index contributed by atoms with van der Waals surface area (Å²) in [5, 5.41) is 0. The molecule has 2 nitrogen and oxygen atoms in total. The molecule has 1 aromatic heterocycles. The van der Waals surface area contributed by atoms with E-state index in [1.165, 1.54) is 25.7 Å². The van der Waals surface area contributed by atoms with Gasteiger partial charge in [0.1, 0.15) is 0 Å². The van der Waals surface area contributed by atoms with Crippen LogP contribution in [0.4, 0.5) is 5.88 Å². The molecule has 0 saturated carbocycles. The van der Waals surface area contributed by atoms with E-state index >= 15 is 0 Å². The Bertz CT molecular complexity index is 217. The number of hydrogen-bond donors (Lipinski definition) is 1. The van der Waals surface area contributed by atoms with Crippen LogP contribution in [0.3, 0.4) is 0 Å². The summed E-state index contributed by atoms with van der Waals surface area (Å²) < 4.78 is 5.00. The average Bonchev–Trinajstić information content (AvgIpc) is 2.46. The van der Waals surface area contributed by atoms with Crippen molar-refractivity contribution in [1.29, 1.82) is 0 Å². The van der Waals surface area contributed by atoms with E-state index in [1.54, 1.807) is 6.26 Å². The molecule has 0 aromatic carbocycles. The van der Waals surface area contributed by atoms with Gasteiger partial charge in [0.2, 0.25) is 0 Å². The van der Waals surface area contributed by atoms with Crippen LogP contribution in [0.2, 0.25) is 0 Å². The molecule has 1 heterocycles. The SMILES string of the molecule is CCCCCCc1ccoc1N. The zero-order valence-corrected chi connectivity index (χ0v) is 7.68. The second-order valence-corrected chi connectivity index (χ2v) is 3.12. The van der Waals surface area contributed by atoms with Gasteiger partial charge in [-0.1, -0.05) is 26.2 Å². The zero-order valence-electron chi connectivity index (χ0n) is 7.68. The lowest BCUT2D eigenvalue weighted by molar-refractivity contribution is 0.583. The highest BCUT2D eigenvalue weighted by Gasteiger charge is 2.00. The number of nitrogens with two attached hydrogens (primary N) is 1. The molecule has 0 fully saturated rings. The van der Waals surface area contributed by atoms with Crippen LogP contribution in [-0.2, 0) is 6.42 Å². The van der Waals surface area contributed by atoms with E-state index in [0.717, 1.165) is 12.0 Å². The lowest BCUT2D eigenvalue weighted by Crippen LogP contribution is -1.89. The van der Waals surface area contributed by atoms with Crippen LogP contribution in [0.15, 0.2) is 16.7 Å². The normalized spacial score (nSPS) is 10.4. The molecule has 2 N–H and O–H groups in total. The van der Waals surface area contributed by atoms with Crippen molar-refractivity contribution in [3.05, 3.63) is 17.9 Å². The third kappa shape index (κ3) is 2.61. The monoisotopic (exact) mass is 167 g/mol. The molecule has 0 saturated heterocycles. The lowest BCUT2D eigenvalue weighted by atomic mass is 10.1. The number of unbranched alkanes of at least 4 members (excludes halogenated alkanes) is 3. The van der Waals surface area contributed by atoms with E-state index in [2.05, 4.69) is 6.92 Å². The molecule has 12 heavy (non-hydrogen) atoms. The summed E-state index contributed by atoms with van der Waals surface area (Å²) in [7, 11) is 0. The molecule has 1 rings (SSSR count). The minimum Gasteiger partial charge on any atom is -0.449 e. The van der Waals surface area contributed by atoms with E-state index in [1.807, 2.05) is 6.07 Å². The van der Waals surface area contributed by atoms with Crippen LogP contribution in [-0.4, -0.2) is 0 Å². The van der Waals surface area contributed by atoms with E-state index in [9.17, 15) is 0 Å². The Morgan fingerprint density at radius 1 is 1.33 bits per heavy atom. The van der Waals surface area contributed by atoms with E-state index in [4.69, 9.17) is 10.2 Å². The van der Waals surface area contributed by atoms with Gasteiger partial charge < -0.3 is 10.2 Å². The molecule has 0 aliphatic rings. The van der Waals surface area contributed by atoms with Gasteiger partial charge in [-0.25, -0.2) is 0 Å². The summed E-state index contributed by atoms with van der Waals surface area (Å²) in [6.45, 7) is 2.21. The molecule has 0 unspecified atom stereocenters. The number of rotatable bonds is 5. The van der Waals surface area contributed by atoms with Crippen molar-refractivity contribution in [3.8, 4) is 0 Å². The highest BCUT2D eigenvalue weighted by molar-refractivity contribution is 5.35. The third-order valence-electron chi connectivity index (χ3n) is 2.08. The van der Waals surface area contributed by atoms with Crippen LogP contribution in [0, 0.1) is 0 Å². The molecule has 68 valence electrons. The molecule has 0 aliphatic heterocycles. The number of furan rings is 1. The van der Waals surface area contributed by atoms with Crippen LogP contribution in [0.1, 0.15) is 38.2 Å². The second kappa shape index (κ2) is 4.86. The number of nitrogen functional groups attached to an aromatic ring is 1. The van der Waals surface area contributed by atoms with Crippen molar-refractivity contribution in [2.45, 2.75) is 39.0 Å². The highest BCUT2D eigenvalue weighted by Crippen LogP contribution is 2.15. The molecular formula is C10H17NO. The van der Waals surface area contributed by atoms with Crippen LogP contribution in [0.25, 0.3) is 0 Å². The van der Waals surface area contributed by atoms with Crippen molar-refractivity contribution in [3.63, 3.8) is 0 Å². The van der Waals surface area contributed by atoms with Gasteiger partial charge in [-0.05, 0) is 18.9 Å². The minimum atomic E-state index is 0.589. The van der Waals surface area contributed by atoms with Crippen LogP contribution >= 0.6 is 0 Å². The first-order valence-electron chi connectivity index (χ1n) is 4.66. The molecule has 0 bridgehead atoms. The Kier molecular flexibility index (Phi) is 3.71.